The molecule has 0 spiro atoms. The Morgan fingerprint density at radius 1 is 1.09 bits per heavy atom. The summed E-state index contributed by atoms with van der Waals surface area (Å²) in [7, 11) is 0. The minimum absolute atomic E-state index is 0.0715. The zero-order valence-corrected chi connectivity index (χ0v) is 23.4. The first-order chi connectivity index (χ1) is 14.8. The second-order valence-electron chi connectivity index (χ2n) is 11.5. The molecule has 2 aliphatic rings. The van der Waals surface area contributed by atoms with Crippen LogP contribution in [0.25, 0.3) is 11.0 Å². The number of amides is 1. The molecule has 0 N–H and O–H groups in total. The molecule has 32 heavy (non-hydrogen) atoms. The van der Waals surface area contributed by atoms with Crippen molar-refractivity contribution in [3.63, 3.8) is 0 Å². The van der Waals surface area contributed by atoms with Crippen molar-refractivity contribution in [1.82, 2.24) is 14.9 Å². The SMILES string of the molecule is CC(C)(C)OC(=O)N(C1CCN(c2ccc3n[c]([Sn][C](C)(C)C)ccc3n2)C1)C1(C)CC1. The van der Waals surface area contributed by atoms with Gasteiger partial charge in [0.25, 0.3) is 0 Å². The van der Waals surface area contributed by atoms with Gasteiger partial charge >= 0.3 is 176 Å². The van der Waals surface area contributed by atoms with Gasteiger partial charge in [0.05, 0.1) is 0 Å². The van der Waals surface area contributed by atoms with Gasteiger partial charge in [-0.15, -0.1) is 0 Å². The van der Waals surface area contributed by atoms with E-state index in [2.05, 4.69) is 56.9 Å². The molecule has 7 heteroatoms. The van der Waals surface area contributed by atoms with Gasteiger partial charge < -0.3 is 0 Å². The van der Waals surface area contributed by atoms with Crippen LogP contribution in [0.5, 0.6) is 0 Å². The minimum atomic E-state index is -0.735. The van der Waals surface area contributed by atoms with E-state index in [1.54, 1.807) is 0 Å². The molecule has 0 aromatic carbocycles. The summed E-state index contributed by atoms with van der Waals surface area (Å²) < 4.78 is 7.42. The van der Waals surface area contributed by atoms with E-state index in [4.69, 9.17) is 14.7 Å². The zero-order chi connectivity index (χ0) is 23.3. The molecule has 4 rings (SSSR count). The first-order valence-corrected chi connectivity index (χ1v) is 14.5. The van der Waals surface area contributed by atoms with Gasteiger partial charge in [-0.1, -0.05) is 0 Å². The third kappa shape index (κ3) is 5.49. The quantitative estimate of drug-likeness (QED) is 0.531. The van der Waals surface area contributed by atoms with Gasteiger partial charge in [-0.25, -0.2) is 0 Å². The summed E-state index contributed by atoms with van der Waals surface area (Å²) >= 11 is -0.735. The van der Waals surface area contributed by atoms with Gasteiger partial charge in [0.2, 0.25) is 0 Å². The summed E-state index contributed by atoms with van der Waals surface area (Å²) in [6.07, 6.45) is 2.84. The Hall–Kier alpha value is -1.57. The van der Waals surface area contributed by atoms with Crippen molar-refractivity contribution in [2.75, 3.05) is 18.0 Å². The fourth-order valence-electron chi connectivity index (χ4n) is 4.33. The summed E-state index contributed by atoms with van der Waals surface area (Å²) in [5, 5.41) is 0. The van der Waals surface area contributed by atoms with E-state index in [0.717, 1.165) is 49.2 Å². The Labute approximate surface area is 202 Å². The first-order valence-electron chi connectivity index (χ1n) is 11.7. The fourth-order valence-corrected chi connectivity index (χ4v) is 7.50. The number of anilines is 1. The summed E-state index contributed by atoms with van der Waals surface area (Å²) in [5.74, 6) is 0.968. The Bertz CT molecular complexity index is 1010. The van der Waals surface area contributed by atoms with Crippen LogP contribution in [0, 0.1) is 0 Å². The average molecular weight is 543 g/mol. The molecule has 2 radical (unpaired) electrons. The Kier molecular flexibility index (Phi) is 6.14. The van der Waals surface area contributed by atoms with Crippen molar-refractivity contribution in [2.24, 2.45) is 0 Å². The fraction of sp³-hybridized carbons (Fsp3) is 0.640. The number of nitrogens with zero attached hydrogens (tertiary/aromatic N) is 4. The molecular weight excluding hydrogens is 507 g/mol. The number of pyridine rings is 2. The summed E-state index contributed by atoms with van der Waals surface area (Å²) in [6.45, 7) is 16.6. The maximum atomic E-state index is 13.0. The van der Waals surface area contributed by atoms with E-state index >= 15 is 0 Å². The van der Waals surface area contributed by atoms with Crippen LogP contribution in [0.15, 0.2) is 24.3 Å². The molecule has 2 fully saturated rings. The molecule has 1 unspecified atom stereocenters. The molecule has 1 saturated heterocycles. The molecule has 3 heterocycles. The monoisotopic (exact) mass is 544 g/mol. The molecule has 1 saturated carbocycles. The Balaban J connectivity index is 1.50. The van der Waals surface area contributed by atoms with Crippen LogP contribution in [-0.2, 0) is 4.74 Å². The molecule has 172 valence electrons. The van der Waals surface area contributed by atoms with Crippen LogP contribution in [0.1, 0.15) is 67.7 Å². The number of carbonyl (C=O) groups is 1. The number of rotatable bonds is 4. The second kappa shape index (κ2) is 8.33. The number of carbonyl (C=O) groups excluding carboxylic acids is 1. The predicted octanol–water partition coefficient (Wildman–Crippen LogP) is 4.55. The standard InChI is InChI=1S/C21H27N4O2.C4H9.Sn/c1-20(2,3)27-19(26)25(21(4)10-11-21)15-9-13-24(14-15)18-8-7-16-17(23-18)6-5-12-22-16;1-4(2)3;/h5-8,15H,9-11,13-14H2,1-4H3;1-3H3;. The third-order valence-corrected chi connectivity index (χ3v) is 9.70. The van der Waals surface area contributed by atoms with E-state index in [0.29, 0.717) is 3.43 Å². The molecule has 2 aromatic heterocycles. The van der Waals surface area contributed by atoms with Gasteiger partial charge in [-0.05, 0) is 20.8 Å². The van der Waals surface area contributed by atoms with Crippen LogP contribution in [0.3, 0.4) is 0 Å². The maximum absolute atomic E-state index is 13.0. The summed E-state index contributed by atoms with van der Waals surface area (Å²) in [6, 6.07) is 8.63. The Morgan fingerprint density at radius 2 is 1.75 bits per heavy atom. The predicted molar refractivity (Wildman–Crippen MR) is 131 cm³/mol. The van der Waals surface area contributed by atoms with Gasteiger partial charge in [-0.2, -0.15) is 0 Å². The average Bonchev–Trinajstić information content (AvgIpc) is 3.20. The third-order valence-electron chi connectivity index (χ3n) is 6.03. The first kappa shape index (κ1) is 23.6. The van der Waals surface area contributed by atoms with E-state index in [-0.39, 0.29) is 17.7 Å². The molecular formula is C25H36N4O2Sn. The van der Waals surface area contributed by atoms with Gasteiger partial charge in [0.15, 0.2) is 0 Å². The number of hydrogen-bond acceptors (Lipinski definition) is 5. The van der Waals surface area contributed by atoms with Crippen LogP contribution in [0.4, 0.5) is 10.6 Å². The Morgan fingerprint density at radius 3 is 2.38 bits per heavy atom. The molecule has 1 amide bonds. The molecule has 1 aliphatic carbocycles. The zero-order valence-electron chi connectivity index (χ0n) is 20.5. The van der Waals surface area contributed by atoms with Crippen LogP contribution < -0.4 is 8.61 Å². The molecule has 1 aliphatic heterocycles. The molecule has 1 atom stereocenters. The van der Waals surface area contributed by atoms with Crippen LogP contribution in [0.2, 0.25) is 3.43 Å². The summed E-state index contributed by atoms with van der Waals surface area (Å²) in [5.41, 5.74) is 1.37. The molecule has 2 aromatic rings. The van der Waals surface area contributed by atoms with Crippen molar-refractivity contribution in [3.8, 4) is 0 Å². The van der Waals surface area contributed by atoms with Gasteiger partial charge in [0, 0.05) is 0 Å². The molecule has 6 nitrogen and oxygen atoms in total. The number of ether oxygens (including phenoxy) is 1. The van der Waals surface area contributed by atoms with Crippen molar-refractivity contribution in [2.45, 2.75) is 88.3 Å². The van der Waals surface area contributed by atoms with Crippen LogP contribution in [-0.4, -0.2) is 72.4 Å². The van der Waals surface area contributed by atoms with E-state index in [1.807, 2.05) is 25.7 Å². The van der Waals surface area contributed by atoms with Crippen LogP contribution >= 0.6 is 0 Å². The topological polar surface area (TPSA) is 58.6 Å². The summed E-state index contributed by atoms with van der Waals surface area (Å²) in [4.78, 5) is 27.2. The van der Waals surface area contributed by atoms with E-state index < -0.39 is 26.7 Å². The van der Waals surface area contributed by atoms with E-state index in [9.17, 15) is 4.79 Å². The van der Waals surface area contributed by atoms with Gasteiger partial charge in [0.1, 0.15) is 5.60 Å². The second-order valence-corrected chi connectivity index (χ2v) is 18.0. The number of fused-ring (bicyclic) bond motifs is 1. The molecule has 0 bridgehead atoms. The number of aromatic nitrogens is 2. The normalized spacial score (nSPS) is 20.5. The van der Waals surface area contributed by atoms with E-state index in [1.165, 1.54) is 3.71 Å². The number of hydrogen-bond donors (Lipinski definition) is 0. The van der Waals surface area contributed by atoms with Crippen molar-refractivity contribution >= 4 is 47.8 Å². The van der Waals surface area contributed by atoms with Crippen molar-refractivity contribution in [3.05, 3.63) is 24.3 Å². The van der Waals surface area contributed by atoms with Crippen molar-refractivity contribution < 1.29 is 9.53 Å². The van der Waals surface area contributed by atoms with Gasteiger partial charge in [-0.3, -0.25) is 0 Å². The van der Waals surface area contributed by atoms with Crippen molar-refractivity contribution in [1.29, 1.82) is 0 Å².